The van der Waals surface area contributed by atoms with Gasteiger partial charge in [-0.25, -0.2) is 8.91 Å². The monoisotopic (exact) mass is 425 g/mol. The largest absolute Gasteiger partial charge is 0.352 e. The molecule has 0 spiro atoms. The number of carbonyl (C=O) groups excluding carboxylic acids is 1. The highest BCUT2D eigenvalue weighted by atomic mass is 32.1. The molecule has 30 heavy (non-hydrogen) atoms. The molecule has 10 heteroatoms. The molecule has 4 aromatic rings. The molecule has 1 amide bonds. The number of fused-ring (bicyclic) bond motifs is 1. The SMILES string of the molecule is Cc1ccc(C(=O)NCCc2csc3nc(-c4cccc(F)c4)nn23)cc1[N+](=O)[O-]. The molecule has 1 N–H and O–H groups in total. The molecule has 152 valence electrons. The molecule has 0 fully saturated rings. The summed E-state index contributed by atoms with van der Waals surface area (Å²) < 4.78 is 15.1. The van der Waals surface area contributed by atoms with Crippen LogP contribution in [0.1, 0.15) is 21.6 Å². The highest BCUT2D eigenvalue weighted by molar-refractivity contribution is 7.15. The van der Waals surface area contributed by atoms with E-state index in [1.54, 1.807) is 35.7 Å². The third-order valence-electron chi connectivity index (χ3n) is 4.57. The lowest BCUT2D eigenvalue weighted by Crippen LogP contribution is -2.26. The van der Waals surface area contributed by atoms with Crippen molar-refractivity contribution in [3.8, 4) is 11.4 Å². The van der Waals surface area contributed by atoms with Gasteiger partial charge in [-0.3, -0.25) is 14.9 Å². The Labute approximate surface area is 174 Å². The van der Waals surface area contributed by atoms with E-state index in [-0.39, 0.29) is 23.0 Å². The zero-order valence-corrected chi connectivity index (χ0v) is 16.6. The number of nitro benzene ring substituents is 1. The van der Waals surface area contributed by atoms with Gasteiger partial charge in [-0.1, -0.05) is 18.2 Å². The van der Waals surface area contributed by atoms with Crippen molar-refractivity contribution in [1.82, 2.24) is 19.9 Å². The molecule has 0 aliphatic heterocycles. The maximum atomic E-state index is 13.4. The van der Waals surface area contributed by atoms with Crippen LogP contribution in [-0.4, -0.2) is 32.0 Å². The molecule has 0 aliphatic rings. The summed E-state index contributed by atoms with van der Waals surface area (Å²) in [6.45, 7) is 1.94. The van der Waals surface area contributed by atoms with Crippen LogP contribution in [-0.2, 0) is 6.42 Å². The number of hydrogen-bond donors (Lipinski definition) is 1. The average Bonchev–Trinajstić information content (AvgIpc) is 3.30. The second-order valence-electron chi connectivity index (χ2n) is 6.63. The van der Waals surface area contributed by atoms with E-state index in [0.29, 0.717) is 34.9 Å². The van der Waals surface area contributed by atoms with Crippen LogP contribution < -0.4 is 5.32 Å². The van der Waals surface area contributed by atoms with E-state index in [1.807, 2.05) is 5.38 Å². The van der Waals surface area contributed by atoms with E-state index in [2.05, 4.69) is 15.4 Å². The summed E-state index contributed by atoms with van der Waals surface area (Å²) in [5, 5.41) is 20.2. The predicted octanol–water partition coefficient (Wildman–Crippen LogP) is 3.79. The van der Waals surface area contributed by atoms with Crippen LogP contribution in [0.3, 0.4) is 0 Å². The van der Waals surface area contributed by atoms with Gasteiger partial charge in [0.1, 0.15) is 5.82 Å². The van der Waals surface area contributed by atoms with Crippen molar-refractivity contribution in [3.63, 3.8) is 0 Å². The lowest BCUT2D eigenvalue weighted by Gasteiger charge is -2.05. The van der Waals surface area contributed by atoms with Crippen molar-refractivity contribution in [2.45, 2.75) is 13.3 Å². The molecule has 2 aromatic carbocycles. The number of hydrogen-bond acceptors (Lipinski definition) is 6. The summed E-state index contributed by atoms with van der Waals surface area (Å²) in [5.74, 6) is -0.313. The van der Waals surface area contributed by atoms with E-state index in [1.165, 1.54) is 29.5 Å². The number of amides is 1. The number of carbonyl (C=O) groups is 1. The average molecular weight is 425 g/mol. The van der Waals surface area contributed by atoms with Crippen LogP contribution in [0.4, 0.5) is 10.1 Å². The fourth-order valence-electron chi connectivity index (χ4n) is 3.00. The number of aromatic nitrogens is 3. The van der Waals surface area contributed by atoms with Gasteiger partial charge >= 0.3 is 0 Å². The smallest absolute Gasteiger partial charge is 0.273 e. The van der Waals surface area contributed by atoms with Crippen molar-refractivity contribution in [2.24, 2.45) is 0 Å². The summed E-state index contributed by atoms with van der Waals surface area (Å²) >= 11 is 1.40. The Morgan fingerprint density at radius 2 is 2.13 bits per heavy atom. The van der Waals surface area contributed by atoms with Crippen LogP contribution in [0.25, 0.3) is 16.3 Å². The third-order valence-corrected chi connectivity index (χ3v) is 5.43. The Kier molecular flexibility index (Phi) is 5.23. The summed E-state index contributed by atoms with van der Waals surface area (Å²) in [7, 11) is 0. The predicted molar refractivity (Wildman–Crippen MR) is 110 cm³/mol. The Morgan fingerprint density at radius 1 is 1.30 bits per heavy atom. The number of halogens is 1. The fraction of sp³-hybridized carbons (Fsp3) is 0.150. The number of thiazole rings is 1. The molecule has 4 rings (SSSR count). The number of nitro groups is 1. The van der Waals surface area contributed by atoms with Crippen LogP contribution in [0, 0.1) is 22.9 Å². The molecule has 0 bridgehead atoms. The summed E-state index contributed by atoms with van der Waals surface area (Å²) in [4.78, 5) is 28.0. The fourth-order valence-corrected chi connectivity index (χ4v) is 3.86. The molecule has 0 aliphatic carbocycles. The zero-order valence-electron chi connectivity index (χ0n) is 15.8. The van der Waals surface area contributed by atoms with Crippen molar-refractivity contribution < 1.29 is 14.1 Å². The van der Waals surface area contributed by atoms with Crippen molar-refractivity contribution in [2.75, 3.05) is 6.54 Å². The first-order valence-corrected chi connectivity index (χ1v) is 9.92. The lowest BCUT2D eigenvalue weighted by atomic mass is 10.1. The minimum Gasteiger partial charge on any atom is -0.352 e. The molecular formula is C20H16FN5O3S. The van der Waals surface area contributed by atoms with Crippen LogP contribution in [0.5, 0.6) is 0 Å². The summed E-state index contributed by atoms with van der Waals surface area (Å²) in [6, 6.07) is 10.5. The maximum Gasteiger partial charge on any atom is 0.273 e. The molecule has 2 heterocycles. The van der Waals surface area contributed by atoms with Gasteiger partial charge in [0, 0.05) is 41.1 Å². The van der Waals surface area contributed by atoms with Crippen molar-refractivity contribution >= 4 is 27.9 Å². The molecule has 0 saturated carbocycles. The van der Waals surface area contributed by atoms with E-state index in [0.717, 1.165) is 5.69 Å². The zero-order chi connectivity index (χ0) is 21.3. The van der Waals surface area contributed by atoms with Gasteiger partial charge < -0.3 is 5.32 Å². The van der Waals surface area contributed by atoms with E-state index < -0.39 is 4.92 Å². The lowest BCUT2D eigenvalue weighted by molar-refractivity contribution is -0.385. The highest BCUT2D eigenvalue weighted by Gasteiger charge is 2.16. The van der Waals surface area contributed by atoms with Gasteiger partial charge in [0.15, 0.2) is 5.82 Å². The topological polar surface area (TPSA) is 102 Å². The molecule has 0 atom stereocenters. The number of nitrogens with one attached hydrogen (secondary N) is 1. The molecule has 2 aromatic heterocycles. The highest BCUT2D eigenvalue weighted by Crippen LogP contribution is 2.22. The van der Waals surface area contributed by atoms with Gasteiger partial charge in [0.2, 0.25) is 4.96 Å². The van der Waals surface area contributed by atoms with Gasteiger partial charge in [0.05, 0.1) is 10.6 Å². The Bertz CT molecular complexity index is 1270. The van der Waals surface area contributed by atoms with E-state index in [4.69, 9.17) is 0 Å². The van der Waals surface area contributed by atoms with Gasteiger partial charge in [-0.2, -0.15) is 4.98 Å². The van der Waals surface area contributed by atoms with Crippen LogP contribution >= 0.6 is 11.3 Å². The summed E-state index contributed by atoms with van der Waals surface area (Å²) in [5.41, 5.74) is 2.08. The Balaban J connectivity index is 1.45. The number of benzene rings is 2. The standard InChI is InChI=1S/C20H16FN5O3S/c1-12-5-6-14(10-17(12)26(28)29)19(27)22-8-7-16-11-30-20-23-18(24-25(16)20)13-3-2-4-15(21)9-13/h2-6,9-11H,7-8H2,1H3,(H,22,27). The van der Waals surface area contributed by atoms with Gasteiger partial charge in [0.25, 0.3) is 11.6 Å². The number of rotatable bonds is 6. The minimum absolute atomic E-state index is 0.0883. The third kappa shape index (κ3) is 3.90. The van der Waals surface area contributed by atoms with Crippen LogP contribution in [0.15, 0.2) is 47.8 Å². The van der Waals surface area contributed by atoms with Crippen molar-refractivity contribution in [1.29, 1.82) is 0 Å². The molecule has 8 nitrogen and oxygen atoms in total. The Hall–Kier alpha value is -3.66. The molecule has 0 unspecified atom stereocenters. The second kappa shape index (κ2) is 7.99. The second-order valence-corrected chi connectivity index (χ2v) is 7.47. The number of nitrogens with zero attached hydrogens (tertiary/aromatic N) is 4. The van der Waals surface area contributed by atoms with Gasteiger partial charge in [-0.15, -0.1) is 16.4 Å². The van der Waals surface area contributed by atoms with Gasteiger partial charge in [-0.05, 0) is 25.1 Å². The molecule has 0 radical (unpaired) electrons. The quantitative estimate of drug-likeness (QED) is 0.374. The first kappa shape index (κ1) is 19.6. The normalized spacial score (nSPS) is 11.0. The molecule has 0 saturated heterocycles. The van der Waals surface area contributed by atoms with E-state index >= 15 is 0 Å². The number of aryl methyl sites for hydroxylation is 1. The van der Waals surface area contributed by atoms with Crippen LogP contribution in [0.2, 0.25) is 0 Å². The van der Waals surface area contributed by atoms with Crippen molar-refractivity contribution in [3.05, 3.63) is 80.6 Å². The van der Waals surface area contributed by atoms with E-state index in [9.17, 15) is 19.3 Å². The minimum atomic E-state index is -0.505. The maximum absolute atomic E-state index is 13.4. The Morgan fingerprint density at radius 3 is 2.90 bits per heavy atom. The molecular weight excluding hydrogens is 409 g/mol. The first-order chi connectivity index (χ1) is 14.4. The first-order valence-electron chi connectivity index (χ1n) is 9.04. The summed E-state index contributed by atoms with van der Waals surface area (Å²) in [6.07, 6.45) is 0.492.